The standard InChI is InChI=1S/C15H22N2O4S/c1-2-22(20,21)17-9-3-4-13(10-17)15(19)16-14-7-5-12(11-18)6-8-14/h5-8,13,18H,2-4,9-11H2,1H3,(H,16,19). The van der Waals surface area contributed by atoms with Crippen molar-refractivity contribution in [2.75, 3.05) is 24.2 Å². The van der Waals surface area contributed by atoms with Crippen molar-refractivity contribution in [1.82, 2.24) is 4.31 Å². The van der Waals surface area contributed by atoms with E-state index < -0.39 is 10.0 Å². The van der Waals surface area contributed by atoms with Crippen LogP contribution in [0.3, 0.4) is 0 Å². The van der Waals surface area contributed by atoms with Crippen molar-refractivity contribution in [3.8, 4) is 0 Å². The summed E-state index contributed by atoms with van der Waals surface area (Å²) in [5.41, 5.74) is 1.42. The molecule has 1 aliphatic rings. The Bertz CT molecular complexity index is 613. The van der Waals surface area contributed by atoms with Crippen LogP contribution in [0.25, 0.3) is 0 Å². The van der Waals surface area contributed by atoms with Gasteiger partial charge in [-0.15, -0.1) is 0 Å². The molecule has 1 heterocycles. The number of carbonyl (C=O) groups is 1. The lowest BCUT2D eigenvalue weighted by Crippen LogP contribution is -2.44. The maximum Gasteiger partial charge on any atom is 0.228 e. The molecule has 1 amide bonds. The van der Waals surface area contributed by atoms with Gasteiger partial charge in [0.2, 0.25) is 15.9 Å². The Hall–Kier alpha value is -1.44. The summed E-state index contributed by atoms with van der Waals surface area (Å²) in [6.45, 7) is 2.31. The van der Waals surface area contributed by atoms with E-state index in [0.29, 0.717) is 25.1 Å². The molecule has 122 valence electrons. The SMILES string of the molecule is CCS(=O)(=O)N1CCCC(C(=O)Nc2ccc(CO)cc2)C1. The predicted molar refractivity (Wildman–Crippen MR) is 84.8 cm³/mol. The van der Waals surface area contributed by atoms with Gasteiger partial charge in [0.15, 0.2) is 0 Å². The van der Waals surface area contributed by atoms with Gasteiger partial charge in [0.25, 0.3) is 0 Å². The highest BCUT2D eigenvalue weighted by molar-refractivity contribution is 7.89. The second-order valence-corrected chi connectivity index (χ2v) is 7.70. The van der Waals surface area contributed by atoms with E-state index in [0.717, 1.165) is 5.56 Å². The van der Waals surface area contributed by atoms with E-state index in [-0.39, 0.29) is 30.7 Å². The van der Waals surface area contributed by atoms with Crippen LogP contribution in [-0.2, 0) is 21.4 Å². The Morgan fingerprint density at radius 3 is 2.64 bits per heavy atom. The van der Waals surface area contributed by atoms with Gasteiger partial charge in [-0.2, -0.15) is 0 Å². The van der Waals surface area contributed by atoms with Crippen molar-refractivity contribution < 1.29 is 18.3 Å². The number of nitrogens with zero attached hydrogens (tertiary/aromatic N) is 1. The molecular formula is C15H22N2O4S. The lowest BCUT2D eigenvalue weighted by Gasteiger charge is -2.30. The maximum absolute atomic E-state index is 12.3. The van der Waals surface area contributed by atoms with Crippen molar-refractivity contribution in [3.63, 3.8) is 0 Å². The zero-order valence-electron chi connectivity index (χ0n) is 12.7. The summed E-state index contributed by atoms with van der Waals surface area (Å²) in [7, 11) is -3.24. The van der Waals surface area contributed by atoms with Crippen LogP contribution in [-0.4, -0.2) is 42.6 Å². The molecule has 0 saturated carbocycles. The first kappa shape index (κ1) is 16.9. The summed E-state index contributed by atoms with van der Waals surface area (Å²) < 4.78 is 25.3. The molecule has 7 heteroatoms. The largest absolute Gasteiger partial charge is 0.392 e. The van der Waals surface area contributed by atoms with Crippen LogP contribution in [0, 0.1) is 5.92 Å². The number of sulfonamides is 1. The fourth-order valence-electron chi connectivity index (χ4n) is 2.53. The molecule has 22 heavy (non-hydrogen) atoms. The fraction of sp³-hybridized carbons (Fsp3) is 0.533. The minimum Gasteiger partial charge on any atom is -0.392 e. The van der Waals surface area contributed by atoms with Crippen molar-refractivity contribution >= 4 is 21.6 Å². The zero-order valence-corrected chi connectivity index (χ0v) is 13.5. The monoisotopic (exact) mass is 326 g/mol. The molecule has 0 aliphatic carbocycles. The first-order valence-electron chi connectivity index (χ1n) is 7.44. The summed E-state index contributed by atoms with van der Waals surface area (Å²) in [6, 6.07) is 6.94. The van der Waals surface area contributed by atoms with Gasteiger partial charge in [-0.1, -0.05) is 12.1 Å². The third-order valence-corrected chi connectivity index (χ3v) is 5.77. The van der Waals surface area contributed by atoms with E-state index in [1.807, 2.05) is 0 Å². The second kappa shape index (κ2) is 7.21. The van der Waals surface area contributed by atoms with Crippen molar-refractivity contribution in [1.29, 1.82) is 0 Å². The molecule has 1 aromatic rings. The molecule has 2 N–H and O–H groups in total. The van der Waals surface area contributed by atoms with E-state index in [2.05, 4.69) is 5.32 Å². The highest BCUT2D eigenvalue weighted by atomic mass is 32.2. The Labute approximate surface area is 131 Å². The number of piperidine rings is 1. The molecule has 1 saturated heterocycles. The van der Waals surface area contributed by atoms with Crippen molar-refractivity contribution in [2.24, 2.45) is 5.92 Å². The highest BCUT2D eigenvalue weighted by Gasteiger charge is 2.31. The normalized spacial score (nSPS) is 19.8. The molecule has 1 fully saturated rings. The molecule has 1 aliphatic heterocycles. The number of hydrogen-bond acceptors (Lipinski definition) is 4. The Balaban J connectivity index is 1.99. The number of carbonyl (C=O) groups excluding carboxylic acids is 1. The Morgan fingerprint density at radius 2 is 2.05 bits per heavy atom. The lowest BCUT2D eigenvalue weighted by molar-refractivity contribution is -0.120. The number of amides is 1. The lowest BCUT2D eigenvalue weighted by atomic mass is 9.98. The van der Waals surface area contributed by atoms with Gasteiger partial charge in [0.1, 0.15) is 0 Å². The molecule has 0 radical (unpaired) electrons. The van der Waals surface area contributed by atoms with Gasteiger partial charge in [-0.25, -0.2) is 12.7 Å². The average molecular weight is 326 g/mol. The minimum atomic E-state index is -3.24. The smallest absolute Gasteiger partial charge is 0.228 e. The van der Waals surface area contributed by atoms with Gasteiger partial charge in [-0.3, -0.25) is 4.79 Å². The predicted octanol–water partition coefficient (Wildman–Crippen LogP) is 1.18. The number of aliphatic hydroxyl groups is 1. The van der Waals surface area contributed by atoms with Gasteiger partial charge >= 0.3 is 0 Å². The van der Waals surface area contributed by atoms with E-state index in [4.69, 9.17) is 5.11 Å². The molecule has 0 bridgehead atoms. The first-order valence-corrected chi connectivity index (χ1v) is 9.05. The zero-order chi connectivity index (χ0) is 16.2. The third kappa shape index (κ3) is 4.06. The molecule has 1 unspecified atom stereocenters. The molecule has 1 aromatic carbocycles. The number of nitrogens with one attached hydrogen (secondary N) is 1. The summed E-state index contributed by atoms with van der Waals surface area (Å²) in [4.78, 5) is 12.3. The number of hydrogen-bond donors (Lipinski definition) is 2. The molecule has 0 aromatic heterocycles. The average Bonchev–Trinajstić information content (AvgIpc) is 2.55. The third-order valence-electron chi connectivity index (χ3n) is 3.92. The van der Waals surface area contributed by atoms with E-state index in [1.54, 1.807) is 31.2 Å². The topological polar surface area (TPSA) is 86.7 Å². The van der Waals surface area contributed by atoms with Crippen LogP contribution in [0.1, 0.15) is 25.3 Å². The maximum atomic E-state index is 12.3. The van der Waals surface area contributed by atoms with Gasteiger partial charge in [0.05, 0.1) is 18.3 Å². The molecule has 1 atom stereocenters. The Morgan fingerprint density at radius 1 is 1.36 bits per heavy atom. The second-order valence-electron chi connectivity index (χ2n) is 5.44. The first-order chi connectivity index (χ1) is 10.5. The van der Waals surface area contributed by atoms with Gasteiger partial charge in [-0.05, 0) is 37.5 Å². The molecule has 2 rings (SSSR count). The summed E-state index contributed by atoms with van der Waals surface area (Å²) >= 11 is 0. The molecule has 0 spiro atoms. The van der Waals surface area contributed by atoms with Gasteiger partial charge < -0.3 is 10.4 Å². The summed E-state index contributed by atoms with van der Waals surface area (Å²) in [6.07, 6.45) is 1.39. The highest BCUT2D eigenvalue weighted by Crippen LogP contribution is 2.21. The minimum absolute atomic E-state index is 0.0410. The quantitative estimate of drug-likeness (QED) is 0.850. The van der Waals surface area contributed by atoms with Crippen molar-refractivity contribution in [3.05, 3.63) is 29.8 Å². The van der Waals surface area contributed by atoms with Crippen LogP contribution in [0.15, 0.2) is 24.3 Å². The number of aliphatic hydroxyl groups excluding tert-OH is 1. The molecule has 6 nitrogen and oxygen atoms in total. The molecular weight excluding hydrogens is 304 g/mol. The van der Waals surface area contributed by atoms with Crippen LogP contribution < -0.4 is 5.32 Å². The van der Waals surface area contributed by atoms with Crippen LogP contribution in [0.5, 0.6) is 0 Å². The van der Waals surface area contributed by atoms with Crippen molar-refractivity contribution in [2.45, 2.75) is 26.4 Å². The van der Waals surface area contributed by atoms with Crippen LogP contribution >= 0.6 is 0 Å². The number of benzene rings is 1. The van der Waals surface area contributed by atoms with Gasteiger partial charge in [0, 0.05) is 18.8 Å². The van der Waals surface area contributed by atoms with Crippen LogP contribution in [0.2, 0.25) is 0 Å². The number of rotatable bonds is 5. The fourth-order valence-corrected chi connectivity index (χ4v) is 3.71. The van der Waals surface area contributed by atoms with E-state index in [1.165, 1.54) is 4.31 Å². The summed E-state index contributed by atoms with van der Waals surface area (Å²) in [5.74, 6) is -0.426. The number of anilines is 1. The summed E-state index contributed by atoms with van der Waals surface area (Å²) in [5, 5.41) is 11.8. The van der Waals surface area contributed by atoms with E-state index >= 15 is 0 Å². The Kier molecular flexibility index (Phi) is 5.55. The van der Waals surface area contributed by atoms with Crippen LogP contribution in [0.4, 0.5) is 5.69 Å². The van der Waals surface area contributed by atoms with E-state index in [9.17, 15) is 13.2 Å².